The van der Waals surface area contributed by atoms with Gasteiger partial charge in [0.1, 0.15) is 11.3 Å². The Balaban J connectivity index is 2.49. The predicted molar refractivity (Wildman–Crippen MR) is 74.3 cm³/mol. The Morgan fingerprint density at radius 1 is 1.47 bits per heavy atom. The van der Waals surface area contributed by atoms with Crippen molar-refractivity contribution in [1.29, 1.82) is 0 Å². The topological polar surface area (TPSA) is 70.1 Å². The van der Waals surface area contributed by atoms with Crippen LogP contribution in [0.3, 0.4) is 0 Å². The number of hydrogen-bond acceptors (Lipinski definition) is 3. The number of methoxy groups -OCH3 is 1. The summed E-state index contributed by atoms with van der Waals surface area (Å²) < 4.78 is 7.41. The molecule has 1 aromatic heterocycles. The Kier molecular flexibility index (Phi) is 3.74. The van der Waals surface area contributed by atoms with Crippen LogP contribution in [-0.2, 0) is 6.54 Å². The van der Waals surface area contributed by atoms with Gasteiger partial charge in [0.25, 0.3) is 0 Å². The highest BCUT2D eigenvalue weighted by molar-refractivity contribution is 5.98. The van der Waals surface area contributed by atoms with Gasteiger partial charge in [-0.25, -0.2) is 4.98 Å². The summed E-state index contributed by atoms with van der Waals surface area (Å²) in [6.07, 6.45) is 2.84. The van der Waals surface area contributed by atoms with Crippen molar-refractivity contribution in [3.63, 3.8) is 0 Å². The van der Waals surface area contributed by atoms with E-state index in [2.05, 4.69) is 23.4 Å². The van der Waals surface area contributed by atoms with E-state index in [9.17, 15) is 4.79 Å². The first kappa shape index (κ1) is 13.4. The highest BCUT2D eigenvalue weighted by atomic mass is 16.5. The number of rotatable bonds is 5. The van der Waals surface area contributed by atoms with Crippen LogP contribution in [0.1, 0.15) is 30.6 Å². The second-order valence-corrected chi connectivity index (χ2v) is 5.03. The van der Waals surface area contributed by atoms with Crippen molar-refractivity contribution in [3.8, 4) is 5.75 Å². The standard InChI is InChI=1S/C14H19N3O2/c1-9(2)4-5-17-8-16-11-6-10(14(15)18)7-12(19-3)13(11)17/h6-9H,4-5H2,1-3H3,(H2,15,18). The van der Waals surface area contributed by atoms with Crippen molar-refractivity contribution < 1.29 is 9.53 Å². The van der Waals surface area contributed by atoms with Crippen LogP contribution in [0.25, 0.3) is 11.0 Å². The molecule has 0 radical (unpaired) electrons. The van der Waals surface area contributed by atoms with Crippen molar-refractivity contribution in [2.24, 2.45) is 11.7 Å². The zero-order valence-electron chi connectivity index (χ0n) is 11.5. The van der Waals surface area contributed by atoms with Crippen molar-refractivity contribution in [2.75, 3.05) is 7.11 Å². The van der Waals surface area contributed by atoms with Crippen LogP contribution in [0.4, 0.5) is 0 Å². The third-order valence-electron chi connectivity index (χ3n) is 3.13. The monoisotopic (exact) mass is 261 g/mol. The summed E-state index contributed by atoms with van der Waals surface area (Å²) in [5.41, 5.74) is 7.36. The van der Waals surface area contributed by atoms with E-state index in [1.54, 1.807) is 25.6 Å². The van der Waals surface area contributed by atoms with E-state index in [0.717, 1.165) is 24.0 Å². The van der Waals surface area contributed by atoms with E-state index < -0.39 is 5.91 Å². The molecule has 0 aliphatic rings. The summed E-state index contributed by atoms with van der Waals surface area (Å²) in [6.45, 7) is 5.24. The summed E-state index contributed by atoms with van der Waals surface area (Å²) in [5.74, 6) is 0.776. The van der Waals surface area contributed by atoms with Crippen molar-refractivity contribution in [2.45, 2.75) is 26.8 Å². The van der Waals surface area contributed by atoms with E-state index in [0.29, 0.717) is 17.2 Å². The van der Waals surface area contributed by atoms with Gasteiger partial charge in [-0.15, -0.1) is 0 Å². The van der Waals surface area contributed by atoms with E-state index in [4.69, 9.17) is 10.5 Å². The Labute approximate surface area is 112 Å². The lowest BCUT2D eigenvalue weighted by molar-refractivity contribution is 0.1000. The van der Waals surface area contributed by atoms with Gasteiger partial charge in [0.15, 0.2) is 0 Å². The normalized spacial score (nSPS) is 11.2. The Bertz CT molecular complexity index is 602. The number of imidazole rings is 1. The third kappa shape index (κ3) is 2.70. The number of aromatic nitrogens is 2. The lowest BCUT2D eigenvalue weighted by atomic mass is 10.1. The molecule has 2 N–H and O–H groups in total. The molecule has 0 bridgehead atoms. The van der Waals surface area contributed by atoms with Gasteiger partial charge < -0.3 is 15.0 Å². The zero-order chi connectivity index (χ0) is 14.0. The minimum Gasteiger partial charge on any atom is -0.494 e. The molecule has 5 heteroatoms. The van der Waals surface area contributed by atoms with Gasteiger partial charge >= 0.3 is 0 Å². The number of ether oxygens (including phenoxy) is 1. The molecule has 0 unspecified atom stereocenters. The molecule has 102 valence electrons. The van der Waals surface area contributed by atoms with Crippen LogP contribution < -0.4 is 10.5 Å². The summed E-state index contributed by atoms with van der Waals surface area (Å²) in [5, 5.41) is 0. The Morgan fingerprint density at radius 3 is 2.79 bits per heavy atom. The maximum absolute atomic E-state index is 11.3. The minimum atomic E-state index is -0.475. The van der Waals surface area contributed by atoms with Crippen LogP contribution in [0.5, 0.6) is 5.75 Å². The fourth-order valence-corrected chi connectivity index (χ4v) is 2.03. The molecule has 0 fully saturated rings. The number of nitrogens with two attached hydrogens (primary N) is 1. The fourth-order valence-electron chi connectivity index (χ4n) is 2.03. The van der Waals surface area contributed by atoms with Crippen LogP contribution in [0, 0.1) is 5.92 Å². The number of fused-ring (bicyclic) bond motifs is 1. The number of amides is 1. The maximum atomic E-state index is 11.3. The molecule has 0 spiro atoms. The van der Waals surface area contributed by atoms with Crippen LogP contribution in [0.2, 0.25) is 0 Å². The first-order valence-corrected chi connectivity index (χ1v) is 6.35. The van der Waals surface area contributed by atoms with Crippen molar-refractivity contribution in [3.05, 3.63) is 24.0 Å². The number of benzene rings is 1. The van der Waals surface area contributed by atoms with E-state index >= 15 is 0 Å². The van der Waals surface area contributed by atoms with E-state index in [-0.39, 0.29) is 0 Å². The van der Waals surface area contributed by atoms with Crippen molar-refractivity contribution >= 4 is 16.9 Å². The molecular formula is C14H19N3O2. The highest BCUT2D eigenvalue weighted by Crippen LogP contribution is 2.27. The van der Waals surface area contributed by atoms with Gasteiger partial charge in [-0.1, -0.05) is 13.8 Å². The molecule has 0 atom stereocenters. The molecule has 0 saturated heterocycles. The number of nitrogens with zero attached hydrogens (tertiary/aromatic N) is 2. The molecule has 5 nitrogen and oxygen atoms in total. The smallest absolute Gasteiger partial charge is 0.248 e. The summed E-state index contributed by atoms with van der Waals surface area (Å²) in [7, 11) is 1.58. The van der Waals surface area contributed by atoms with Gasteiger partial charge in [-0.3, -0.25) is 4.79 Å². The highest BCUT2D eigenvalue weighted by Gasteiger charge is 2.13. The quantitative estimate of drug-likeness (QED) is 0.896. The Morgan fingerprint density at radius 2 is 2.21 bits per heavy atom. The first-order valence-electron chi connectivity index (χ1n) is 6.35. The number of carbonyl (C=O) groups excluding carboxylic acids is 1. The third-order valence-corrected chi connectivity index (χ3v) is 3.13. The summed E-state index contributed by atoms with van der Waals surface area (Å²) in [4.78, 5) is 15.6. The molecule has 0 aliphatic carbocycles. The maximum Gasteiger partial charge on any atom is 0.248 e. The van der Waals surface area contributed by atoms with Gasteiger partial charge in [-0.2, -0.15) is 0 Å². The van der Waals surface area contributed by atoms with Crippen molar-refractivity contribution in [1.82, 2.24) is 9.55 Å². The molecule has 1 aromatic carbocycles. The molecular weight excluding hydrogens is 242 g/mol. The second kappa shape index (κ2) is 5.30. The van der Waals surface area contributed by atoms with Crippen LogP contribution in [0.15, 0.2) is 18.5 Å². The number of carbonyl (C=O) groups is 1. The largest absolute Gasteiger partial charge is 0.494 e. The molecule has 2 rings (SSSR count). The van der Waals surface area contributed by atoms with Gasteiger partial charge in [0.05, 0.1) is 19.0 Å². The van der Waals surface area contributed by atoms with E-state index in [1.165, 1.54) is 0 Å². The number of hydrogen-bond donors (Lipinski definition) is 1. The second-order valence-electron chi connectivity index (χ2n) is 5.03. The lowest BCUT2D eigenvalue weighted by Crippen LogP contribution is -2.11. The average Bonchev–Trinajstić information content (AvgIpc) is 2.78. The SMILES string of the molecule is COc1cc(C(N)=O)cc2ncn(CCC(C)C)c12. The van der Waals surface area contributed by atoms with Gasteiger partial charge in [0, 0.05) is 12.1 Å². The molecule has 0 aliphatic heterocycles. The molecule has 0 saturated carbocycles. The molecule has 2 aromatic rings. The van der Waals surface area contributed by atoms with Crippen LogP contribution >= 0.6 is 0 Å². The number of primary amides is 1. The molecule has 19 heavy (non-hydrogen) atoms. The summed E-state index contributed by atoms with van der Waals surface area (Å²) in [6, 6.07) is 3.37. The molecule has 1 amide bonds. The predicted octanol–water partition coefficient (Wildman–Crippen LogP) is 2.19. The average molecular weight is 261 g/mol. The van der Waals surface area contributed by atoms with Gasteiger partial charge in [0.2, 0.25) is 5.91 Å². The Hall–Kier alpha value is -2.04. The zero-order valence-corrected chi connectivity index (χ0v) is 11.5. The molecule has 1 heterocycles. The summed E-state index contributed by atoms with van der Waals surface area (Å²) >= 11 is 0. The van der Waals surface area contributed by atoms with E-state index in [1.807, 2.05) is 0 Å². The number of aryl methyl sites for hydroxylation is 1. The minimum absolute atomic E-state index is 0.415. The van der Waals surface area contributed by atoms with Gasteiger partial charge in [-0.05, 0) is 24.5 Å². The fraction of sp³-hybridized carbons (Fsp3) is 0.429. The first-order chi connectivity index (χ1) is 9.02. The van der Waals surface area contributed by atoms with Crippen LogP contribution in [-0.4, -0.2) is 22.6 Å². The lowest BCUT2D eigenvalue weighted by Gasteiger charge is -2.10.